The van der Waals surface area contributed by atoms with Gasteiger partial charge in [0.05, 0.1) is 11.2 Å². The third-order valence-electron chi connectivity index (χ3n) is 4.60. The normalized spacial score (nSPS) is 10.6. The standard InChI is InChI=1S/C23H20N4O/c1-16-6-2-3-7-18(16)15-26-23(28)21-14-19(11-13-24-21)27-20-10-4-8-17-9-5-12-25-22(17)20/h2-14H,15H2,1H3,(H,24,27)(H,26,28). The minimum Gasteiger partial charge on any atom is -0.354 e. The van der Waals surface area contributed by atoms with Gasteiger partial charge in [0.2, 0.25) is 0 Å². The van der Waals surface area contributed by atoms with Gasteiger partial charge in [-0.15, -0.1) is 0 Å². The number of fused-ring (bicyclic) bond motifs is 1. The lowest BCUT2D eigenvalue weighted by Gasteiger charge is -2.11. The maximum absolute atomic E-state index is 12.5. The summed E-state index contributed by atoms with van der Waals surface area (Å²) in [7, 11) is 0. The quantitative estimate of drug-likeness (QED) is 0.540. The molecule has 4 aromatic rings. The van der Waals surface area contributed by atoms with Crippen LogP contribution in [0.25, 0.3) is 10.9 Å². The van der Waals surface area contributed by atoms with Gasteiger partial charge in [-0.05, 0) is 42.3 Å². The van der Waals surface area contributed by atoms with E-state index in [0.717, 1.165) is 33.4 Å². The fraction of sp³-hybridized carbons (Fsp3) is 0.0870. The zero-order chi connectivity index (χ0) is 19.3. The number of benzene rings is 2. The smallest absolute Gasteiger partial charge is 0.270 e. The van der Waals surface area contributed by atoms with Gasteiger partial charge in [-0.3, -0.25) is 14.8 Å². The third kappa shape index (κ3) is 3.83. The van der Waals surface area contributed by atoms with E-state index < -0.39 is 0 Å². The summed E-state index contributed by atoms with van der Waals surface area (Å²) in [5.74, 6) is -0.206. The van der Waals surface area contributed by atoms with Gasteiger partial charge in [0.25, 0.3) is 5.91 Å². The first-order valence-corrected chi connectivity index (χ1v) is 9.10. The molecule has 0 atom stereocenters. The average molecular weight is 368 g/mol. The van der Waals surface area contributed by atoms with Crippen LogP contribution in [0.1, 0.15) is 21.6 Å². The minimum atomic E-state index is -0.206. The molecule has 0 fully saturated rings. The highest BCUT2D eigenvalue weighted by Crippen LogP contribution is 2.24. The molecule has 2 heterocycles. The molecule has 2 aromatic carbocycles. The predicted octanol–water partition coefficient (Wildman–Crippen LogP) is 4.61. The van der Waals surface area contributed by atoms with Crippen LogP contribution in [0.3, 0.4) is 0 Å². The molecule has 28 heavy (non-hydrogen) atoms. The zero-order valence-corrected chi connectivity index (χ0v) is 15.5. The molecule has 1 amide bonds. The van der Waals surface area contributed by atoms with Gasteiger partial charge >= 0.3 is 0 Å². The van der Waals surface area contributed by atoms with Crippen LogP contribution in [0, 0.1) is 6.92 Å². The molecule has 2 N–H and O–H groups in total. The van der Waals surface area contributed by atoms with E-state index in [1.54, 1.807) is 18.5 Å². The van der Waals surface area contributed by atoms with E-state index >= 15 is 0 Å². The van der Waals surface area contributed by atoms with Crippen molar-refractivity contribution < 1.29 is 4.79 Å². The lowest BCUT2D eigenvalue weighted by Crippen LogP contribution is -2.24. The van der Waals surface area contributed by atoms with Crippen molar-refractivity contribution in [3.05, 3.63) is 95.9 Å². The molecule has 0 radical (unpaired) electrons. The molecule has 0 spiro atoms. The van der Waals surface area contributed by atoms with Crippen molar-refractivity contribution in [1.82, 2.24) is 15.3 Å². The Labute approximate surface area is 163 Å². The van der Waals surface area contributed by atoms with E-state index in [4.69, 9.17) is 0 Å². The number of pyridine rings is 2. The van der Waals surface area contributed by atoms with E-state index in [2.05, 4.69) is 20.6 Å². The number of nitrogens with one attached hydrogen (secondary N) is 2. The second-order valence-corrected chi connectivity index (χ2v) is 6.54. The summed E-state index contributed by atoms with van der Waals surface area (Å²) in [4.78, 5) is 21.2. The van der Waals surface area contributed by atoms with Crippen LogP contribution in [0.15, 0.2) is 79.1 Å². The Balaban J connectivity index is 1.51. The maximum atomic E-state index is 12.5. The number of para-hydroxylation sites is 1. The zero-order valence-electron chi connectivity index (χ0n) is 15.5. The molecule has 0 saturated heterocycles. The summed E-state index contributed by atoms with van der Waals surface area (Å²) in [5, 5.41) is 7.33. The van der Waals surface area contributed by atoms with Crippen LogP contribution in [0.5, 0.6) is 0 Å². The second kappa shape index (κ2) is 7.88. The molecule has 0 aliphatic rings. The van der Waals surface area contributed by atoms with Gasteiger partial charge in [-0.1, -0.05) is 42.5 Å². The highest BCUT2D eigenvalue weighted by atomic mass is 16.1. The molecule has 2 aromatic heterocycles. The first kappa shape index (κ1) is 17.7. The van der Waals surface area contributed by atoms with Gasteiger partial charge in [-0.25, -0.2) is 0 Å². The Morgan fingerprint density at radius 3 is 2.68 bits per heavy atom. The Kier molecular flexibility index (Phi) is 4.97. The van der Waals surface area contributed by atoms with E-state index in [9.17, 15) is 4.79 Å². The van der Waals surface area contributed by atoms with Crippen molar-refractivity contribution in [2.45, 2.75) is 13.5 Å². The molecular weight excluding hydrogens is 348 g/mol. The number of carbonyl (C=O) groups excluding carboxylic acids is 1. The van der Waals surface area contributed by atoms with Crippen LogP contribution < -0.4 is 10.6 Å². The number of carbonyl (C=O) groups is 1. The van der Waals surface area contributed by atoms with E-state index in [-0.39, 0.29) is 5.91 Å². The Bertz CT molecular complexity index is 1130. The molecule has 0 bridgehead atoms. The Morgan fingerprint density at radius 2 is 1.79 bits per heavy atom. The van der Waals surface area contributed by atoms with Crippen molar-refractivity contribution in [3.63, 3.8) is 0 Å². The maximum Gasteiger partial charge on any atom is 0.270 e. The van der Waals surface area contributed by atoms with Gasteiger partial charge in [-0.2, -0.15) is 0 Å². The molecule has 138 valence electrons. The summed E-state index contributed by atoms with van der Waals surface area (Å²) in [6.45, 7) is 2.50. The highest BCUT2D eigenvalue weighted by Gasteiger charge is 2.09. The monoisotopic (exact) mass is 368 g/mol. The first-order valence-electron chi connectivity index (χ1n) is 9.10. The number of aryl methyl sites for hydroxylation is 1. The van der Waals surface area contributed by atoms with E-state index in [1.165, 1.54) is 0 Å². The largest absolute Gasteiger partial charge is 0.354 e. The predicted molar refractivity (Wildman–Crippen MR) is 112 cm³/mol. The van der Waals surface area contributed by atoms with Crippen molar-refractivity contribution in [2.24, 2.45) is 0 Å². The molecule has 5 nitrogen and oxygen atoms in total. The van der Waals surface area contributed by atoms with Gasteiger partial charge in [0.15, 0.2) is 0 Å². The molecule has 0 aliphatic carbocycles. The summed E-state index contributed by atoms with van der Waals surface area (Å²) < 4.78 is 0. The number of rotatable bonds is 5. The number of hydrogen-bond acceptors (Lipinski definition) is 4. The van der Waals surface area contributed by atoms with Gasteiger partial charge < -0.3 is 10.6 Å². The van der Waals surface area contributed by atoms with Crippen molar-refractivity contribution in [2.75, 3.05) is 5.32 Å². The number of nitrogens with zero attached hydrogens (tertiary/aromatic N) is 2. The van der Waals surface area contributed by atoms with Crippen LogP contribution in [0.2, 0.25) is 0 Å². The SMILES string of the molecule is Cc1ccccc1CNC(=O)c1cc(Nc2cccc3cccnc23)ccn1. The van der Waals surface area contributed by atoms with Crippen molar-refractivity contribution >= 4 is 28.2 Å². The Morgan fingerprint density at radius 1 is 0.929 bits per heavy atom. The Hall–Kier alpha value is -3.73. The minimum absolute atomic E-state index is 0.206. The van der Waals surface area contributed by atoms with E-state index in [0.29, 0.717) is 12.2 Å². The van der Waals surface area contributed by atoms with Crippen LogP contribution in [-0.2, 0) is 6.54 Å². The van der Waals surface area contributed by atoms with Crippen LogP contribution in [-0.4, -0.2) is 15.9 Å². The van der Waals surface area contributed by atoms with Gasteiger partial charge in [0.1, 0.15) is 5.69 Å². The lowest BCUT2D eigenvalue weighted by molar-refractivity contribution is 0.0946. The molecule has 0 unspecified atom stereocenters. The fourth-order valence-electron chi connectivity index (χ4n) is 3.07. The summed E-state index contributed by atoms with van der Waals surface area (Å²) in [5.41, 5.74) is 5.16. The molecule has 5 heteroatoms. The summed E-state index contributed by atoms with van der Waals surface area (Å²) in [6.07, 6.45) is 3.40. The lowest BCUT2D eigenvalue weighted by atomic mass is 10.1. The van der Waals surface area contributed by atoms with Crippen LogP contribution in [0.4, 0.5) is 11.4 Å². The number of aromatic nitrogens is 2. The number of amides is 1. The number of anilines is 2. The molecule has 4 rings (SSSR count). The first-order chi connectivity index (χ1) is 13.7. The highest BCUT2D eigenvalue weighted by molar-refractivity contribution is 5.95. The molecular formula is C23H20N4O. The second-order valence-electron chi connectivity index (χ2n) is 6.54. The molecule has 0 aliphatic heterocycles. The van der Waals surface area contributed by atoms with Crippen LogP contribution >= 0.6 is 0 Å². The average Bonchev–Trinajstić information content (AvgIpc) is 2.73. The van der Waals surface area contributed by atoms with Crippen molar-refractivity contribution in [3.8, 4) is 0 Å². The fourth-order valence-corrected chi connectivity index (χ4v) is 3.07. The molecule has 0 saturated carbocycles. The van der Waals surface area contributed by atoms with Crippen molar-refractivity contribution in [1.29, 1.82) is 0 Å². The number of hydrogen-bond donors (Lipinski definition) is 2. The van der Waals surface area contributed by atoms with Gasteiger partial charge in [0, 0.05) is 30.0 Å². The summed E-state index contributed by atoms with van der Waals surface area (Å²) >= 11 is 0. The topological polar surface area (TPSA) is 66.9 Å². The third-order valence-corrected chi connectivity index (χ3v) is 4.60. The summed E-state index contributed by atoms with van der Waals surface area (Å²) in [6, 6.07) is 21.5. The van der Waals surface area contributed by atoms with E-state index in [1.807, 2.05) is 67.6 Å².